The Labute approximate surface area is 252 Å². The second-order valence-corrected chi connectivity index (χ2v) is 12.0. The van der Waals surface area contributed by atoms with Crippen molar-refractivity contribution in [1.82, 2.24) is 10.6 Å². The van der Waals surface area contributed by atoms with E-state index in [2.05, 4.69) is 31.9 Å². The Balaban J connectivity index is 1.47. The van der Waals surface area contributed by atoms with Gasteiger partial charge in [-0.15, -0.1) is 0 Å². The summed E-state index contributed by atoms with van der Waals surface area (Å²) in [7, 11) is 1.56. The number of carbonyl (C=O) groups excluding carboxylic acids is 3. The van der Waals surface area contributed by atoms with E-state index in [1.165, 1.54) is 0 Å². The van der Waals surface area contributed by atoms with Gasteiger partial charge < -0.3 is 31.0 Å². The number of anilines is 2. The van der Waals surface area contributed by atoms with Crippen LogP contribution in [-0.2, 0) is 22.6 Å². The number of hydrogen-bond acceptors (Lipinski definition) is 5. The summed E-state index contributed by atoms with van der Waals surface area (Å²) >= 11 is 3.72. The smallest absolute Gasteiger partial charge is 0.318 e. The van der Waals surface area contributed by atoms with Crippen molar-refractivity contribution < 1.29 is 18.8 Å². The maximum atomic E-state index is 13.9. The van der Waals surface area contributed by atoms with E-state index < -0.39 is 11.6 Å². The van der Waals surface area contributed by atoms with Crippen molar-refractivity contribution in [2.45, 2.75) is 51.2 Å². The number of furan rings is 1. The number of nitrogens with one attached hydrogen (secondary N) is 3. The van der Waals surface area contributed by atoms with Crippen molar-refractivity contribution in [3.05, 3.63) is 82.3 Å². The van der Waals surface area contributed by atoms with Crippen LogP contribution in [0.1, 0.15) is 37.8 Å². The third kappa shape index (κ3) is 6.34. The Morgan fingerprint density at radius 2 is 1.83 bits per heavy atom. The Hall–Kier alpha value is -4.15. The second kappa shape index (κ2) is 12.0. The van der Waals surface area contributed by atoms with Crippen LogP contribution in [0.15, 0.2) is 75.6 Å². The molecule has 1 atom stereocenters. The quantitative estimate of drug-likeness (QED) is 0.208. The molecule has 4 amide bonds. The number of aryl methyl sites for hydroxylation is 1. The molecule has 218 valence electrons. The molecule has 3 aromatic carbocycles. The summed E-state index contributed by atoms with van der Waals surface area (Å²) in [4.78, 5) is 40.4. The molecule has 4 aromatic rings. The van der Waals surface area contributed by atoms with Crippen LogP contribution in [-0.4, -0.2) is 36.5 Å². The van der Waals surface area contributed by atoms with E-state index in [1.54, 1.807) is 25.8 Å². The van der Waals surface area contributed by atoms with Crippen LogP contribution in [0.25, 0.3) is 22.3 Å². The summed E-state index contributed by atoms with van der Waals surface area (Å²) in [5.74, 6) is 0.176. The summed E-state index contributed by atoms with van der Waals surface area (Å²) in [5.41, 5.74) is 10.1. The highest BCUT2D eigenvalue weighted by Gasteiger charge is 2.32. The van der Waals surface area contributed by atoms with E-state index in [-0.39, 0.29) is 24.3 Å². The van der Waals surface area contributed by atoms with Crippen molar-refractivity contribution in [2.75, 3.05) is 17.3 Å². The fourth-order valence-electron chi connectivity index (χ4n) is 5.22. The molecule has 42 heavy (non-hydrogen) atoms. The van der Waals surface area contributed by atoms with E-state index in [9.17, 15) is 14.4 Å². The van der Waals surface area contributed by atoms with Gasteiger partial charge in [-0.1, -0.05) is 36.4 Å². The average molecular weight is 633 g/mol. The van der Waals surface area contributed by atoms with Crippen LogP contribution in [0.3, 0.4) is 0 Å². The highest BCUT2D eigenvalue weighted by atomic mass is 79.9. The molecule has 1 aromatic heterocycles. The Morgan fingerprint density at radius 3 is 2.60 bits per heavy atom. The first-order chi connectivity index (χ1) is 20.0. The van der Waals surface area contributed by atoms with Gasteiger partial charge in [0.2, 0.25) is 11.8 Å². The SMILES string of the molecule is CNC(=O)Nc1ccccc1-c1oc2ccc(CN3C(=O)[C@H](NC(=O)CC(C)(C)N)CCc4ccccc43)cc2c1Br. The third-order valence-corrected chi connectivity index (χ3v) is 7.97. The molecule has 0 unspecified atom stereocenters. The van der Waals surface area contributed by atoms with Gasteiger partial charge in [0.05, 0.1) is 16.7 Å². The number of fused-ring (bicyclic) bond motifs is 2. The van der Waals surface area contributed by atoms with Crippen LogP contribution >= 0.6 is 15.9 Å². The van der Waals surface area contributed by atoms with Crippen LogP contribution in [0.5, 0.6) is 0 Å². The molecule has 0 fully saturated rings. The molecular formula is C32H34BrN5O4. The topological polar surface area (TPSA) is 130 Å². The number of urea groups is 1. The zero-order valence-electron chi connectivity index (χ0n) is 23.8. The van der Waals surface area contributed by atoms with Crippen molar-refractivity contribution in [1.29, 1.82) is 0 Å². The number of rotatable bonds is 7. The number of halogens is 1. The van der Waals surface area contributed by atoms with Gasteiger partial charge in [-0.25, -0.2) is 4.79 Å². The molecule has 9 nitrogen and oxygen atoms in total. The minimum absolute atomic E-state index is 0.124. The summed E-state index contributed by atoms with van der Waals surface area (Å²) in [6, 6.07) is 20.1. The van der Waals surface area contributed by atoms with Gasteiger partial charge in [-0.3, -0.25) is 9.59 Å². The van der Waals surface area contributed by atoms with Crippen LogP contribution in [0, 0.1) is 0 Å². The third-order valence-electron chi connectivity index (χ3n) is 7.18. The number of benzene rings is 3. The Bertz CT molecular complexity index is 1660. The van der Waals surface area contributed by atoms with Gasteiger partial charge in [0.15, 0.2) is 5.76 Å². The van der Waals surface area contributed by atoms with Crippen molar-refractivity contribution in [2.24, 2.45) is 5.73 Å². The molecule has 0 aliphatic carbocycles. The molecule has 5 N–H and O–H groups in total. The first-order valence-corrected chi connectivity index (χ1v) is 14.6. The monoisotopic (exact) mass is 631 g/mol. The van der Waals surface area contributed by atoms with E-state index in [4.69, 9.17) is 10.2 Å². The van der Waals surface area contributed by atoms with Crippen molar-refractivity contribution in [3.8, 4) is 11.3 Å². The molecule has 0 saturated heterocycles. The number of para-hydroxylation sites is 2. The molecule has 1 aliphatic heterocycles. The molecule has 0 radical (unpaired) electrons. The van der Waals surface area contributed by atoms with E-state index in [0.29, 0.717) is 36.4 Å². The van der Waals surface area contributed by atoms with Crippen LogP contribution in [0.4, 0.5) is 16.2 Å². The fraction of sp³-hybridized carbons (Fsp3) is 0.281. The normalized spacial score (nSPS) is 15.2. The second-order valence-electron chi connectivity index (χ2n) is 11.2. The highest BCUT2D eigenvalue weighted by molar-refractivity contribution is 9.10. The van der Waals surface area contributed by atoms with Crippen molar-refractivity contribution in [3.63, 3.8) is 0 Å². The lowest BCUT2D eigenvalue weighted by Gasteiger charge is -2.27. The van der Waals surface area contributed by atoms with Gasteiger partial charge in [-0.2, -0.15) is 0 Å². The molecule has 0 saturated carbocycles. The van der Waals surface area contributed by atoms with E-state index in [0.717, 1.165) is 32.2 Å². The maximum Gasteiger partial charge on any atom is 0.318 e. The summed E-state index contributed by atoms with van der Waals surface area (Å²) in [6.45, 7) is 3.88. The van der Waals surface area contributed by atoms with Gasteiger partial charge >= 0.3 is 6.03 Å². The first kappa shape index (κ1) is 29.3. The number of carbonyl (C=O) groups is 3. The Morgan fingerprint density at radius 1 is 1.10 bits per heavy atom. The van der Waals surface area contributed by atoms with Gasteiger partial charge in [0, 0.05) is 35.6 Å². The largest absolute Gasteiger partial charge is 0.455 e. The molecule has 0 spiro atoms. The first-order valence-electron chi connectivity index (χ1n) is 13.8. The zero-order chi connectivity index (χ0) is 30.0. The van der Waals surface area contributed by atoms with Crippen LogP contribution < -0.4 is 26.6 Å². The summed E-state index contributed by atoms with van der Waals surface area (Å²) in [5, 5.41) is 9.17. The van der Waals surface area contributed by atoms with Gasteiger partial charge in [0.1, 0.15) is 11.6 Å². The maximum absolute atomic E-state index is 13.9. The molecule has 5 rings (SSSR count). The lowest BCUT2D eigenvalue weighted by molar-refractivity contribution is -0.128. The standard InChI is InChI=1S/C32H34BrN5O4/c1-32(2,34)17-27(39)36-24-14-13-20-8-4-7-11-25(20)38(30(24)40)18-19-12-15-26-22(16-19)28(33)29(42-26)21-9-5-6-10-23(21)37-31(41)35-3/h4-12,15-16,24H,13-14,17-18,34H2,1-3H3,(H,36,39)(H2,35,37,41)/t24-/m1/s1. The zero-order valence-corrected chi connectivity index (χ0v) is 25.4. The minimum Gasteiger partial charge on any atom is -0.455 e. The summed E-state index contributed by atoms with van der Waals surface area (Å²) in [6.07, 6.45) is 1.29. The Kier molecular flexibility index (Phi) is 8.38. The highest BCUT2D eigenvalue weighted by Crippen LogP contribution is 2.41. The van der Waals surface area contributed by atoms with Gasteiger partial charge in [-0.05, 0) is 84.1 Å². The van der Waals surface area contributed by atoms with E-state index in [1.807, 2.05) is 66.7 Å². The van der Waals surface area contributed by atoms with E-state index >= 15 is 0 Å². The number of amides is 4. The molecule has 0 bridgehead atoms. The van der Waals surface area contributed by atoms with Crippen LogP contribution in [0.2, 0.25) is 0 Å². The fourth-order valence-corrected chi connectivity index (χ4v) is 5.82. The molecular weight excluding hydrogens is 598 g/mol. The lowest BCUT2D eigenvalue weighted by atomic mass is 10.0. The average Bonchev–Trinajstić information content (AvgIpc) is 3.21. The number of hydrogen-bond donors (Lipinski definition) is 4. The lowest BCUT2D eigenvalue weighted by Crippen LogP contribution is -2.49. The number of nitrogens with two attached hydrogens (primary N) is 1. The predicted octanol–water partition coefficient (Wildman–Crippen LogP) is 5.71. The van der Waals surface area contributed by atoms with Gasteiger partial charge in [0.25, 0.3) is 0 Å². The summed E-state index contributed by atoms with van der Waals surface area (Å²) < 4.78 is 6.97. The molecule has 10 heteroatoms. The number of nitrogens with zero attached hydrogens (tertiary/aromatic N) is 1. The minimum atomic E-state index is -0.675. The molecule has 1 aliphatic rings. The predicted molar refractivity (Wildman–Crippen MR) is 168 cm³/mol. The van der Waals surface area contributed by atoms with Crippen molar-refractivity contribution >= 4 is 56.1 Å². The molecule has 2 heterocycles.